The molecule has 3 atom stereocenters. The Balaban J connectivity index is 1.89. The van der Waals surface area contributed by atoms with E-state index in [0.29, 0.717) is 11.3 Å². The zero-order chi connectivity index (χ0) is 15.1. The van der Waals surface area contributed by atoms with Crippen LogP contribution in [0.1, 0.15) is 13.3 Å². The minimum Gasteiger partial charge on any atom is -0.477 e. The Morgan fingerprint density at radius 1 is 1.38 bits per heavy atom. The molecule has 0 aliphatic carbocycles. The zero-order valence-electron chi connectivity index (χ0n) is 11.4. The average molecular weight is 305 g/mol. The molecule has 3 rings (SSSR count). The van der Waals surface area contributed by atoms with Crippen molar-refractivity contribution in [1.29, 1.82) is 0 Å². The van der Waals surface area contributed by atoms with E-state index >= 15 is 0 Å². The lowest BCUT2D eigenvalue weighted by molar-refractivity contribution is -0.161. The molecule has 0 aromatic heterocycles. The summed E-state index contributed by atoms with van der Waals surface area (Å²) in [6, 6.07) is 9.25. The Morgan fingerprint density at radius 3 is 2.62 bits per heavy atom. The third kappa shape index (κ3) is 2.24. The van der Waals surface area contributed by atoms with Crippen LogP contribution in [0.15, 0.2) is 45.8 Å². The molecule has 21 heavy (non-hydrogen) atoms. The van der Waals surface area contributed by atoms with Gasteiger partial charge in [-0.05, 0) is 19.1 Å². The molecule has 110 valence electrons. The molecule has 1 fully saturated rings. The van der Waals surface area contributed by atoms with Gasteiger partial charge in [0.1, 0.15) is 5.70 Å². The van der Waals surface area contributed by atoms with Crippen molar-refractivity contribution in [3.8, 4) is 0 Å². The molecule has 2 N–H and O–H groups in total. The summed E-state index contributed by atoms with van der Waals surface area (Å²) in [6.45, 7) is 1.57. The van der Waals surface area contributed by atoms with E-state index in [-0.39, 0.29) is 17.6 Å². The number of aliphatic carboxylic acids is 1. The summed E-state index contributed by atoms with van der Waals surface area (Å²) in [4.78, 5) is 26.5. The second-order valence-electron chi connectivity index (χ2n) is 5.24. The minimum absolute atomic E-state index is 0.0655. The lowest BCUT2D eigenvalue weighted by atomic mass is 9.83. The Kier molecular flexibility index (Phi) is 3.51. The average Bonchev–Trinajstić information content (AvgIpc) is 2.74. The van der Waals surface area contributed by atoms with Gasteiger partial charge in [-0.2, -0.15) is 0 Å². The highest BCUT2D eigenvalue weighted by atomic mass is 32.2. The first-order valence-corrected chi connectivity index (χ1v) is 7.53. The highest BCUT2D eigenvalue weighted by Crippen LogP contribution is 2.48. The van der Waals surface area contributed by atoms with E-state index < -0.39 is 18.0 Å². The Bertz CT molecular complexity index is 626. The number of fused-ring (bicyclic) bond motifs is 1. The molecule has 0 spiro atoms. The van der Waals surface area contributed by atoms with Crippen molar-refractivity contribution in [3.63, 3.8) is 0 Å². The lowest BCUT2D eigenvalue weighted by Crippen LogP contribution is -2.61. The smallest absolute Gasteiger partial charge is 0.353 e. The largest absolute Gasteiger partial charge is 0.477 e. The molecule has 2 aliphatic heterocycles. The number of hydrogen-bond donors (Lipinski definition) is 2. The Labute approximate surface area is 126 Å². The predicted molar refractivity (Wildman–Crippen MR) is 77.4 cm³/mol. The molecule has 1 saturated heterocycles. The van der Waals surface area contributed by atoms with Gasteiger partial charge in [0, 0.05) is 16.2 Å². The van der Waals surface area contributed by atoms with Crippen LogP contribution in [0.25, 0.3) is 0 Å². The summed E-state index contributed by atoms with van der Waals surface area (Å²) in [6.07, 6.45) is -0.266. The molecule has 1 aromatic carbocycles. The van der Waals surface area contributed by atoms with Gasteiger partial charge in [0.25, 0.3) is 0 Å². The fourth-order valence-corrected chi connectivity index (χ4v) is 4.07. The van der Waals surface area contributed by atoms with Crippen molar-refractivity contribution in [3.05, 3.63) is 40.9 Å². The standard InChI is InChI=1S/C15H15NO4S/c1-8(17)12-10-7-11(21-9-5-3-2-4-6-9)13(15(19)20)16(10)14(12)18/h2-6,8,10,12,17H,7H2,1H3,(H,19,20)/t8-,10+,12+/m0/s1. The zero-order valence-corrected chi connectivity index (χ0v) is 12.2. The molecular weight excluding hydrogens is 290 g/mol. The van der Waals surface area contributed by atoms with Crippen molar-refractivity contribution in [2.75, 3.05) is 0 Å². The molecule has 0 unspecified atom stereocenters. The van der Waals surface area contributed by atoms with E-state index in [0.717, 1.165) is 4.90 Å². The number of rotatable bonds is 4. The SMILES string of the molecule is C[C@H](O)[C@H]1C(=O)N2C(C(=O)O)=C(Sc3ccccc3)C[C@H]12. The molecule has 0 saturated carbocycles. The maximum absolute atomic E-state index is 12.1. The fraction of sp³-hybridized carbons (Fsp3) is 0.333. The van der Waals surface area contributed by atoms with Crippen LogP contribution in [-0.4, -0.2) is 39.1 Å². The molecular formula is C15H15NO4S. The highest BCUT2D eigenvalue weighted by Gasteiger charge is 2.56. The molecule has 2 heterocycles. The quantitative estimate of drug-likeness (QED) is 0.828. The van der Waals surface area contributed by atoms with Gasteiger partial charge in [0.15, 0.2) is 0 Å². The minimum atomic E-state index is -1.09. The number of aliphatic hydroxyl groups is 1. The van der Waals surface area contributed by atoms with Crippen LogP contribution in [0.5, 0.6) is 0 Å². The van der Waals surface area contributed by atoms with Crippen molar-refractivity contribution in [2.24, 2.45) is 5.92 Å². The summed E-state index contributed by atoms with van der Waals surface area (Å²) in [5.41, 5.74) is 0.0655. The first-order chi connectivity index (χ1) is 10.0. The number of benzene rings is 1. The van der Waals surface area contributed by atoms with Crippen LogP contribution in [-0.2, 0) is 9.59 Å². The fourth-order valence-electron chi connectivity index (χ4n) is 2.95. The van der Waals surface area contributed by atoms with Crippen molar-refractivity contribution in [2.45, 2.75) is 30.4 Å². The lowest BCUT2D eigenvalue weighted by Gasteiger charge is -2.44. The van der Waals surface area contributed by atoms with Gasteiger partial charge in [-0.1, -0.05) is 30.0 Å². The van der Waals surface area contributed by atoms with Crippen molar-refractivity contribution < 1.29 is 19.8 Å². The number of carbonyl (C=O) groups is 2. The Hall–Kier alpha value is -1.79. The van der Waals surface area contributed by atoms with E-state index in [1.165, 1.54) is 16.7 Å². The number of aliphatic hydroxyl groups excluding tert-OH is 1. The number of nitrogens with zero attached hydrogens (tertiary/aromatic N) is 1. The van der Waals surface area contributed by atoms with Gasteiger partial charge in [-0.25, -0.2) is 4.79 Å². The van der Waals surface area contributed by atoms with E-state index in [1.54, 1.807) is 6.92 Å². The van der Waals surface area contributed by atoms with Gasteiger partial charge < -0.3 is 15.1 Å². The molecule has 2 aliphatic rings. The van der Waals surface area contributed by atoms with Crippen LogP contribution < -0.4 is 0 Å². The van der Waals surface area contributed by atoms with Crippen LogP contribution in [0.2, 0.25) is 0 Å². The second kappa shape index (κ2) is 5.20. The predicted octanol–water partition coefficient (Wildman–Crippen LogP) is 1.69. The number of amides is 1. The van der Waals surface area contributed by atoms with Gasteiger partial charge in [-0.15, -0.1) is 0 Å². The molecule has 6 heteroatoms. The van der Waals surface area contributed by atoms with Crippen LogP contribution in [0, 0.1) is 5.92 Å². The highest BCUT2D eigenvalue weighted by molar-refractivity contribution is 8.03. The summed E-state index contributed by atoms with van der Waals surface area (Å²) in [5.74, 6) is -1.88. The monoisotopic (exact) mass is 305 g/mol. The van der Waals surface area contributed by atoms with Gasteiger partial charge >= 0.3 is 5.97 Å². The topological polar surface area (TPSA) is 77.8 Å². The maximum Gasteiger partial charge on any atom is 0.353 e. The van der Waals surface area contributed by atoms with E-state index in [4.69, 9.17) is 0 Å². The second-order valence-corrected chi connectivity index (χ2v) is 6.41. The van der Waals surface area contributed by atoms with Crippen LogP contribution >= 0.6 is 11.8 Å². The first kappa shape index (κ1) is 14.2. The van der Waals surface area contributed by atoms with Crippen molar-refractivity contribution in [1.82, 2.24) is 4.90 Å². The Morgan fingerprint density at radius 2 is 2.05 bits per heavy atom. The van der Waals surface area contributed by atoms with E-state index in [1.807, 2.05) is 30.3 Å². The number of β-lactam (4-membered cyclic amide) rings is 1. The number of carboxylic acids is 1. The number of thioether (sulfide) groups is 1. The van der Waals surface area contributed by atoms with Crippen LogP contribution in [0.3, 0.4) is 0 Å². The van der Waals surface area contributed by atoms with Gasteiger partial charge in [-0.3, -0.25) is 4.79 Å². The van der Waals surface area contributed by atoms with Crippen molar-refractivity contribution >= 4 is 23.6 Å². The molecule has 1 aromatic rings. The summed E-state index contributed by atoms with van der Waals surface area (Å²) in [7, 11) is 0. The number of hydrogen-bond acceptors (Lipinski definition) is 4. The third-order valence-electron chi connectivity index (χ3n) is 3.87. The normalized spacial score (nSPS) is 25.6. The number of carbonyl (C=O) groups excluding carboxylic acids is 1. The number of carboxylic acid groups (broad SMARTS) is 1. The molecule has 0 radical (unpaired) electrons. The molecule has 0 bridgehead atoms. The third-order valence-corrected chi connectivity index (χ3v) is 4.99. The van der Waals surface area contributed by atoms with E-state index in [9.17, 15) is 19.8 Å². The van der Waals surface area contributed by atoms with E-state index in [2.05, 4.69) is 0 Å². The summed E-state index contributed by atoms with van der Waals surface area (Å²) >= 11 is 1.37. The van der Waals surface area contributed by atoms with Crippen LogP contribution in [0.4, 0.5) is 0 Å². The maximum atomic E-state index is 12.1. The van der Waals surface area contributed by atoms with Gasteiger partial charge in [0.2, 0.25) is 5.91 Å². The first-order valence-electron chi connectivity index (χ1n) is 6.71. The van der Waals surface area contributed by atoms with Gasteiger partial charge in [0.05, 0.1) is 18.1 Å². The molecule has 1 amide bonds. The summed E-state index contributed by atoms with van der Waals surface area (Å²) in [5, 5.41) is 19.1. The molecule has 5 nitrogen and oxygen atoms in total. The summed E-state index contributed by atoms with van der Waals surface area (Å²) < 4.78 is 0.